The van der Waals surface area contributed by atoms with Crippen LogP contribution in [0, 0.1) is 28.9 Å². The van der Waals surface area contributed by atoms with E-state index >= 15 is 0 Å². The molecule has 32 heavy (non-hydrogen) atoms. The van der Waals surface area contributed by atoms with E-state index in [1.54, 1.807) is 12.1 Å². The average molecular weight is 433 g/mol. The number of carbonyl (C=O) groups is 1. The molecule has 1 aromatic heterocycles. The summed E-state index contributed by atoms with van der Waals surface area (Å²) >= 11 is 0. The molecular formula is C25H21F2N3O2. The van der Waals surface area contributed by atoms with Crippen molar-refractivity contribution in [3.8, 4) is 6.07 Å². The quantitative estimate of drug-likeness (QED) is 0.567. The number of rotatable bonds is 5. The monoisotopic (exact) mass is 433 g/mol. The molecule has 0 radical (unpaired) electrons. The minimum atomic E-state index is -0.491. The van der Waals surface area contributed by atoms with Gasteiger partial charge in [0.2, 0.25) is 0 Å². The molecule has 0 N–H and O–H groups in total. The zero-order chi connectivity index (χ0) is 22.8. The Morgan fingerprint density at radius 1 is 1.12 bits per heavy atom. The molecule has 4 rings (SSSR count). The van der Waals surface area contributed by atoms with Crippen molar-refractivity contribution in [3.63, 3.8) is 0 Å². The van der Waals surface area contributed by atoms with Gasteiger partial charge in [-0.2, -0.15) is 5.26 Å². The summed E-state index contributed by atoms with van der Waals surface area (Å²) in [5.41, 5.74) is 0.999. The highest BCUT2D eigenvalue weighted by molar-refractivity contribution is 5.95. The van der Waals surface area contributed by atoms with Crippen molar-refractivity contribution in [2.75, 3.05) is 18.0 Å². The van der Waals surface area contributed by atoms with E-state index in [9.17, 15) is 23.6 Å². The van der Waals surface area contributed by atoms with Gasteiger partial charge in [-0.05, 0) is 54.8 Å². The molecule has 1 saturated heterocycles. The highest BCUT2D eigenvalue weighted by atomic mass is 19.1. The standard InChI is InChI=1S/C25H21F2N3O2/c1-2-23(31)17-9-11-29(12-10-17)24-20-13-19(27)7-8-22(20)30(25(32)21(24)14-28)15-16-3-5-18(26)6-4-16/h2-8,13,17H,1,9-12,15H2. The van der Waals surface area contributed by atoms with Gasteiger partial charge in [0.05, 0.1) is 17.7 Å². The van der Waals surface area contributed by atoms with Crippen LogP contribution in [-0.4, -0.2) is 23.4 Å². The third-order valence-corrected chi connectivity index (χ3v) is 5.98. The van der Waals surface area contributed by atoms with Gasteiger partial charge >= 0.3 is 0 Å². The Labute approximate surface area is 183 Å². The Kier molecular flexibility index (Phi) is 5.87. The van der Waals surface area contributed by atoms with Crippen molar-refractivity contribution in [1.82, 2.24) is 4.57 Å². The van der Waals surface area contributed by atoms with Crippen molar-refractivity contribution in [2.45, 2.75) is 19.4 Å². The maximum Gasteiger partial charge on any atom is 0.271 e. The fourth-order valence-electron chi connectivity index (χ4n) is 4.33. The van der Waals surface area contributed by atoms with E-state index in [0.29, 0.717) is 48.1 Å². The first-order valence-electron chi connectivity index (χ1n) is 10.3. The molecule has 1 aliphatic rings. The minimum absolute atomic E-state index is 0.0178. The second-order valence-electron chi connectivity index (χ2n) is 7.88. The molecule has 0 saturated carbocycles. The second kappa shape index (κ2) is 8.75. The molecule has 162 valence electrons. The highest BCUT2D eigenvalue weighted by Gasteiger charge is 2.28. The fourth-order valence-corrected chi connectivity index (χ4v) is 4.33. The second-order valence-corrected chi connectivity index (χ2v) is 7.88. The first kappa shape index (κ1) is 21.4. The zero-order valence-electron chi connectivity index (χ0n) is 17.4. The average Bonchev–Trinajstić information content (AvgIpc) is 2.81. The number of piperidine rings is 1. The lowest BCUT2D eigenvalue weighted by molar-refractivity contribution is -0.118. The van der Waals surface area contributed by atoms with Crippen molar-refractivity contribution in [2.24, 2.45) is 5.92 Å². The summed E-state index contributed by atoms with van der Waals surface area (Å²) in [6.45, 7) is 4.58. The van der Waals surface area contributed by atoms with Crippen LogP contribution in [0.25, 0.3) is 10.9 Å². The predicted octanol–water partition coefficient (Wildman–Crippen LogP) is 4.17. The number of anilines is 1. The highest BCUT2D eigenvalue weighted by Crippen LogP contribution is 2.33. The molecule has 7 heteroatoms. The molecule has 5 nitrogen and oxygen atoms in total. The number of aromatic nitrogens is 1. The third-order valence-electron chi connectivity index (χ3n) is 5.98. The lowest BCUT2D eigenvalue weighted by Crippen LogP contribution is -2.38. The maximum absolute atomic E-state index is 14.3. The van der Waals surface area contributed by atoms with E-state index in [1.165, 1.54) is 41.0 Å². The molecule has 1 fully saturated rings. The normalized spacial score (nSPS) is 14.3. The summed E-state index contributed by atoms with van der Waals surface area (Å²) in [7, 11) is 0. The van der Waals surface area contributed by atoms with Crippen LogP contribution >= 0.6 is 0 Å². The van der Waals surface area contributed by atoms with Crippen molar-refractivity contribution in [3.05, 3.63) is 88.2 Å². The van der Waals surface area contributed by atoms with Crippen molar-refractivity contribution >= 4 is 22.4 Å². The molecule has 0 unspecified atom stereocenters. The van der Waals surface area contributed by atoms with Crippen LogP contribution < -0.4 is 10.5 Å². The van der Waals surface area contributed by atoms with E-state index in [1.807, 2.05) is 11.0 Å². The lowest BCUT2D eigenvalue weighted by Gasteiger charge is -2.34. The molecule has 0 bridgehead atoms. The number of halogens is 2. The van der Waals surface area contributed by atoms with Crippen LogP contribution in [0.4, 0.5) is 14.5 Å². The summed E-state index contributed by atoms with van der Waals surface area (Å²) < 4.78 is 29.0. The minimum Gasteiger partial charge on any atom is -0.370 e. The van der Waals surface area contributed by atoms with Gasteiger partial charge in [-0.1, -0.05) is 18.7 Å². The number of hydrogen-bond acceptors (Lipinski definition) is 4. The van der Waals surface area contributed by atoms with Crippen LogP contribution in [0.15, 0.2) is 59.9 Å². The Bertz CT molecular complexity index is 1300. The number of benzene rings is 2. The number of fused-ring (bicyclic) bond motifs is 1. The van der Waals surface area contributed by atoms with Gasteiger partial charge in [0.1, 0.15) is 23.3 Å². The van der Waals surface area contributed by atoms with Crippen molar-refractivity contribution < 1.29 is 13.6 Å². The van der Waals surface area contributed by atoms with Crippen LogP contribution in [0.1, 0.15) is 24.0 Å². The predicted molar refractivity (Wildman–Crippen MR) is 119 cm³/mol. The summed E-state index contributed by atoms with van der Waals surface area (Å²) in [4.78, 5) is 27.2. The Hall–Kier alpha value is -3.79. The first-order valence-corrected chi connectivity index (χ1v) is 10.3. The number of carbonyl (C=O) groups excluding carboxylic acids is 1. The number of nitrogens with zero attached hydrogens (tertiary/aromatic N) is 3. The van der Waals surface area contributed by atoms with Gasteiger partial charge in [0.25, 0.3) is 5.56 Å². The Morgan fingerprint density at radius 3 is 2.41 bits per heavy atom. The number of hydrogen-bond donors (Lipinski definition) is 0. The summed E-state index contributed by atoms with van der Waals surface area (Å²) in [5, 5.41) is 10.3. The van der Waals surface area contributed by atoms with E-state index in [2.05, 4.69) is 6.58 Å². The largest absolute Gasteiger partial charge is 0.370 e. The van der Waals surface area contributed by atoms with Crippen LogP contribution in [0.2, 0.25) is 0 Å². The van der Waals surface area contributed by atoms with E-state index < -0.39 is 11.4 Å². The van der Waals surface area contributed by atoms with Gasteiger partial charge in [-0.3, -0.25) is 9.59 Å². The van der Waals surface area contributed by atoms with E-state index in [-0.39, 0.29) is 29.6 Å². The molecule has 1 aliphatic heterocycles. The molecule has 0 aliphatic carbocycles. The van der Waals surface area contributed by atoms with Gasteiger partial charge in [0.15, 0.2) is 5.78 Å². The fraction of sp³-hybridized carbons (Fsp3) is 0.240. The molecule has 2 aromatic carbocycles. The molecule has 0 spiro atoms. The number of nitriles is 1. The molecule has 2 heterocycles. The van der Waals surface area contributed by atoms with Gasteiger partial charge in [-0.15, -0.1) is 0 Å². The topological polar surface area (TPSA) is 66.1 Å². The number of ketones is 1. The summed E-state index contributed by atoms with van der Waals surface area (Å²) in [5.74, 6) is -1.03. The summed E-state index contributed by atoms with van der Waals surface area (Å²) in [6.07, 6.45) is 2.44. The third kappa shape index (κ3) is 3.92. The summed E-state index contributed by atoms with van der Waals surface area (Å²) in [6, 6.07) is 11.9. The van der Waals surface area contributed by atoms with Crippen molar-refractivity contribution in [1.29, 1.82) is 5.26 Å². The Morgan fingerprint density at radius 2 is 1.78 bits per heavy atom. The smallest absolute Gasteiger partial charge is 0.271 e. The Balaban J connectivity index is 1.84. The molecular weight excluding hydrogens is 412 g/mol. The maximum atomic E-state index is 14.3. The van der Waals surface area contributed by atoms with Gasteiger partial charge < -0.3 is 9.47 Å². The first-order chi connectivity index (χ1) is 15.4. The number of pyridine rings is 1. The van der Waals surface area contributed by atoms with Crippen LogP contribution in [-0.2, 0) is 11.3 Å². The molecule has 0 amide bonds. The molecule has 0 atom stereocenters. The molecule has 3 aromatic rings. The number of allylic oxidation sites excluding steroid dienone is 1. The van der Waals surface area contributed by atoms with Gasteiger partial charge in [-0.25, -0.2) is 8.78 Å². The lowest BCUT2D eigenvalue weighted by atomic mass is 9.91. The van der Waals surface area contributed by atoms with Crippen LogP contribution in [0.3, 0.4) is 0 Å². The van der Waals surface area contributed by atoms with Crippen LogP contribution in [0.5, 0.6) is 0 Å². The SMILES string of the molecule is C=CC(=O)C1CCN(c2c(C#N)c(=O)n(Cc3ccc(F)cc3)c3ccc(F)cc23)CC1. The van der Waals surface area contributed by atoms with E-state index in [0.717, 1.165) is 0 Å². The van der Waals surface area contributed by atoms with Gasteiger partial charge in [0, 0.05) is 24.4 Å². The zero-order valence-corrected chi connectivity index (χ0v) is 17.4. The van der Waals surface area contributed by atoms with E-state index in [4.69, 9.17) is 0 Å².